The van der Waals surface area contributed by atoms with Crippen LogP contribution in [0.4, 0.5) is 0 Å². The van der Waals surface area contributed by atoms with Crippen molar-refractivity contribution in [3.63, 3.8) is 0 Å². The molecule has 0 spiro atoms. The zero-order valence-electron chi connectivity index (χ0n) is 11.3. The fourth-order valence-electron chi connectivity index (χ4n) is 3.14. The van der Waals surface area contributed by atoms with Gasteiger partial charge in [-0.15, -0.1) is 0 Å². The molecule has 1 aromatic carbocycles. The highest BCUT2D eigenvalue weighted by molar-refractivity contribution is 6.31. The van der Waals surface area contributed by atoms with Crippen LogP contribution in [0.2, 0.25) is 5.02 Å². The minimum Gasteiger partial charge on any atom is -0.328 e. The molecule has 1 aromatic heterocycles. The summed E-state index contributed by atoms with van der Waals surface area (Å²) in [5, 5.41) is 0.777. The molecule has 0 radical (unpaired) electrons. The first-order valence-electron chi connectivity index (χ1n) is 7.10. The summed E-state index contributed by atoms with van der Waals surface area (Å²) in [4.78, 5) is 4.84. The van der Waals surface area contributed by atoms with Gasteiger partial charge in [0, 0.05) is 23.5 Å². The highest BCUT2D eigenvalue weighted by Crippen LogP contribution is 2.34. The molecule has 3 nitrogen and oxygen atoms in total. The van der Waals surface area contributed by atoms with Gasteiger partial charge >= 0.3 is 0 Å². The van der Waals surface area contributed by atoms with Gasteiger partial charge < -0.3 is 10.3 Å². The van der Waals surface area contributed by atoms with E-state index in [0.29, 0.717) is 12.0 Å². The van der Waals surface area contributed by atoms with Crippen molar-refractivity contribution >= 4 is 22.6 Å². The first-order valence-corrected chi connectivity index (χ1v) is 7.48. The summed E-state index contributed by atoms with van der Waals surface area (Å²) in [6.45, 7) is 3.11. The number of halogens is 1. The van der Waals surface area contributed by atoms with Crippen LogP contribution >= 0.6 is 11.6 Å². The Kier molecular flexibility index (Phi) is 3.50. The SMILES string of the molecule is CCn1c(C2CCC(N)CC2)nc2ccc(Cl)cc21. The summed E-state index contributed by atoms with van der Waals surface area (Å²) in [6, 6.07) is 6.33. The summed E-state index contributed by atoms with van der Waals surface area (Å²) in [5.41, 5.74) is 8.20. The molecule has 4 heteroatoms. The van der Waals surface area contributed by atoms with Gasteiger partial charge in [-0.1, -0.05) is 11.6 Å². The molecule has 3 rings (SSSR count). The van der Waals surface area contributed by atoms with E-state index in [-0.39, 0.29) is 0 Å². The molecule has 0 unspecified atom stereocenters. The van der Waals surface area contributed by atoms with Crippen molar-refractivity contribution in [1.29, 1.82) is 0 Å². The maximum atomic E-state index is 6.10. The standard InChI is InChI=1S/C15H20ClN3/c1-2-19-14-9-11(16)5-8-13(14)18-15(19)10-3-6-12(17)7-4-10/h5,8-10,12H,2-4,6-7,17H2,1H3. The Labute approximate surface area is 118 Å². The second kappa shape index (κ2) is 5.14. The third kappa shape index (κ3) is 2.37. The van der Waals surface area contributed by atoms with Crippen molar-refractivity contribution in [2.24, 2.45) is 5.73 Å². The van der Waals surface area contributed by atoms with Gasteiger partial charge in [0.05, 0.1) is 11.0 Å². The average Bonchev–Trinajstić information content (AvgIpc) is 2.77. The van der Waals surface area contributed by atoms with Crippen molar-refractivity contribution in [1.82, 2.24) is 9.55 Å². The predicted molar refractivity (Wildman–Crippen MR) is 79.6 cm³/mol. The van der Waals surface area contributed by atoms with E-state index in [4.69, 9.17) is 22.3 Å². The fourth-order valence-corrected chi connectivity index (χ4v) is 3.30. The summed E-state index contributed by atoms with van der Waals surface area (Å²) in [7, 11) is 0. The molecule has 0 aliphatic heterocycles. The second-order valence-corrected chi connectivity index (χ2v) is 5.90. The molecule has 19 heavy (non-hydrogen) atoms. The van der Waals surface area contributed by atoms with E-state index < -0.39 is 0 Å². The van der Waals surface area contributed by atoms with E-state index >= 15 is 0 Å². The lowest BCUT2D eigenvalue weighted by molar-refractivity contribution is 0.378. The van der Waals surface area contributed by atoms with E-state index in [2.05, 4.69) is 11.5 Å². The molecule has 2 N–H and O–H groups in total. The predicted octanol–water partition coefficient (Wildman–Crippen LogP) is 3.69. The summed E-state index contributed by atoms with van der Waals surface area (Å²) in [6.07, 6.45) is 4.52. The Morgan fingerprint density at radius 1 is 1.32 bits per heavy atom. The van der Waals surface area contributed by atoms with Crippen molar-refractivity contribution in [3.8, 4) is 0 Å². The number of imidazole rings is 1. The first kappa shape index (κ1) is 12.9. The molecule has 1 aliphatic rings. The zero-order chi connectivity index (χ0) is 13.4. The van der Waals surface area contributed by atoms with Crippen molar-refractivity contribution in [3.05, 3.63) is 29.0 Å². The van der Waals surface area contributed by atoms with Crippen LogP contribution in [-0.4, -0.2) is 15.6 Å². The summed E-state index contributed by atoms with van der Waals surface area (Å²) >= 11 is 6.10. The van der Waals surface area contributed by atoms with Crippen molar-refractivity contribution in [2.45, 2.75) is 51.1 Å². The Hall–Kier alpha value is -1.06. The lowest BCUT2D eigenvalue weighted by Gasteiger charge is -2.26. The molecule has 1 aliphatic carbocycles. The van der Waals surface area contributed by atoms with E-state index in [1.807, 2.05) is 18.2 Å². The highest BCUT2D eigenvalue weighted by atomic mass is 35.5. The minimum atomic E-state index is 0.380. The third-order valence-corrected chi connectivity index (χ3v) is 4.43. The topological polar surface area (TPSA) is 43.8 Å². The number of aryl methyl sites for hydroxylation is 1. The normalized spacial score (nSPS) is 23.9. The largest absolute Gasteiger partial charge is 0.328 e. The minimum absolute atomic E-state index is 0.380. The summed E-state index contributed by atoms with van der Waals surface area (Å²) < 4.78 is 2.31. The van der Waals surface area contributed by atoms with Gasteiger partial charge in [-0.2, -0.15) is 0 Å². The number of nitrogens with two attached hydrogens (primary N) is 1. The van der Waals surface area contributed by atoms with Crippen molar-refractivity contribution in [2.75, 3.05) is 0 Å². The third-order valence-electron chi connectivity index (χ3n) is 4.19. The monoisotopic (exact) mass is 277 g/mol. The number of fused-ring (bicyclic) bond motifs is 1. The van der Waals surface area contributed by atoms with E-state index in [1.165, 1.54) is 5.82 Å². The van der Waals surface area contributed by atoms with Crippen LogP contribution in [0, 0.1) is 0 Å². The highest BCUT2D eigenvalue weighted by Gasteiger charge is 2.24. The van der Waals surface area contributed by atoms with Crippen LogP contribution in [0.5, 0.6) is 0 Å². The molecular formula is C15H20ClN3. The Morgan fingerprint density at radius 3 is 2.74 bits per heavy atom. The average molecular weight is 278 g/mol. The number of hydrogen-bond acceptors (Lipinski definition) is 2. The van der Waals surface area contributed by atoms with Gasteiger partial charge in [0.2, 0.25) is 0 Å². The quantitative estimate of drug-likeness (QED) is 0.910. The number of benzene rings is 1. The lowest BCUT2D eigenvalue weighted by atomic mass is 9.86. The molecule has 0 amide bonds. The van der Waals surface area contributed by atoms with Crippen LogP contribution in [0.25, 0.3) is 11.0 Å². The van der Waals surface area contributed by atoms with Crippen LogP contribution in [0.3, 0.4) is 0 Å². The van der Waals surface area contributed by atoms with Crippen LogP contribution in [-0.2, 0) is 6.54 Å². The molecule has 2 aromatic rings. The molecule has 1 saturated carbocycles. The molecule has 1 heterocycles. The van der Waals surface area contributed by atoms with Gasteiger partial charge in [0.1, 0.15) is 5.82 Å². The Morgan fingerprint density at radius 2 is 2.05 bits per heavy atom. The number of hydrogen-bond donors (Lipinski definition) is 1. The van der Waals surface area contributed by atoms with Crippen molar-refractivity contribution < 1.29 is 0 Å². The molecule has 1 fully saturated rings. The molecule has 102 valence electrons. The lowest BCUT2D eigenvalue weighted by Crippen LogP contribution is -2.26. The van der Waals surface area contributed by atoms with Crippen LogP contribution in [0.1, 0.15) is 44.3 Å². The number of aromatic nitrogens is 2. The second-order valence-electron chi connectivity index (χ2n) is 5.46. The Bertz CT molecular complexity index is 582. The van der Waals surface area contributed by atoms with Crippen LogP contribution < -0.4 is 5.73 Å². The first-order chi connectivity index (χ1) is 9.19. The molecule has 0 bridgehead atoms. The number of nitrogens with zero attached hydrogens (tertiary/aromatic N) is 2. The van der Waals surface area contributed by atoms with Gasteiger partial charge in [-0.3, -0.25) is 0 Å². The fraction of sp³-hybridized carbons (Fsp3) is 0.533. The number of rotatable bonds is 2. The maximum absolute atomic E-state index is 6.10. The van der Waals surface area contributed by atoms with E-state index in [0.717, 1.165) is 48.3 Å². The maximum Gasteiger partial charge on any atom is 0.112 e. The van der Waals surface area contributed by atoms with Crippen LogP contribution in [0.15, 0.2) is 18.2 Å². The Balaban J connectivity index is 2.03. The van der Waals surface area contributed by atoms with E-state index in [1.54, 1.807) is 0 Å². The van der Waals surface area contributed by atoms with Gasteiger partial charge in [-0.25, -0.2) is 4.98 Å². The zero-order valence-corrected chi connectivity index (χ0v) is 12.0. The van der Waals surface area contributed by atoms with Gasteiger partial charge in [-0.05, 0) is 50.8 Å². The molecule has 0 atom stereocenters. The molecule has 0 saturated heterocycles. The van der Waals surface area contributed by atoms with E-state index in [9.17, 15) is 0 Å². The summed E-state index contributed by atoms with van der Waals surface area (Å²) in [5.74, 6) is 1.76. The molecular weight excluding hydrogens is 258 g/mol. The van der Waals surface area contributed by atoms with Gasteiger partial charge in [0.15, 0.2) is 0 Å². The van der Waals surface area contributed by atoms with Gasteiger partial charge in [0.25, 0.3) is 0 Å². The smallest absolute Gasteiger partial charge is 0.112 e.